The van der Waals surface area contributed by atoms with Crippen molar-refractivity contribution in [2.45, 2.75) is 26.4 Å². The molecule has 2 N–H and O–H groups in total. The van der Waals surface area contributed by atoms with Crippen LogP contribution in [0.5, 0.6) is 0 Å². The number of amides is 1. The third-order valence-electron chi connectivity index (χ3n) is 0.729. The number of hydrogen-bond acceptors (Lipinski definition) is 4. The maximum atomic E-state index is 10.8. The predicted octanol–water partition coefficient (Wildman–Crippen LogP) is 1.47. The molecule has 5 nitrogen and oxygen atoms in total. The Kier molecular flexibility index (Phi) is 4.14. The maximum absolute atomic E-state index is 10.8. The van der Waals surface area contributed by atoms with Gasteiger partial charge in [-0.05, 0) is 20.8 Å². The Labute approximate surface area is 70.9 Å². The van der Waals surface area contributed by atoms with Gasteiger partial charge in [0.25, 0.3) is 0 Å². The topological polar surface area (TPSA) is 67.8 Å². The normalized spacial score (nSPS) is 11.3. The Balaban J connectivity index is 3.68. The van der Waals surface area contributed by atoms with Crippen molar-refractivity contribution < 1.29 is 19.7 Å². The van der Waals surface area contributed by atoms with E-state index in [4.69, 9.17) is 9.99 Å². The van der Waals surface area contributed by atoms with E-state index in [0.29, 0.717) is 0 Å². The van der Waals surface area contributed by atoms with Crippen LogP contribution in [-0.2, 0) is 9.62 Å². The first-order valence-electron chi connectivity index (χ1n) is 3.40. The van der Waals surface area contributed by atoms with Gasteiger partial charge in [-0.2, -0.15) is 0 Å². The van der Waals surface area contributed by atoms with E-state index in [1.54, 1.807) is 20.8 Å². The largest absolute Gasteiger partial charge is 0.444 e. The van der Waals surface area contributed by atoms with E-state index >= 15 is 0 Å². The number of ether oxygens (including phenoxy) is 1. The van der Waals surface area contributed by atoms with Crippen molar-refractivity contribution in [1.82, 2.24) is 5.32 Å². The molecule has 0 aliphatic rings. The number of hydrogen-bond donors (Lipinski definition) is 2. The molecule has 70 valence electrons. The lowest BCUT2D eigenvalue weighted by Crippen LogP contribution is -2.29. The molecule has 0 saturated heterocycles. The monoisotopic (exact) mass is 175 g/mol. The van der Waals surface area contributed by atoms with E-state index in [2.05, 4.69) is 10.2 Å². The Morgan fingerprint density at radius 3 is 2.50 bits per heavy atom. The van der Waals surface area contributed by atoms with Gasteiger partial charge in [0.05, 0.1) is 0 Å². The van der Waals surface area contributed by atoms with Gasteiger partial charge in [-0.15, -0.1) is 0 Å². The lowest BCUT2D eigenvalue weighted by Gasteiger charge is -2.18. The van der Waals surface area contributed by atoms with Crippen LogP contribution in [0.25, 0.3) is 0 Å². The lowest BCUT2D eigenvalue weighted by molar-refractivity contribution is -0.186. The second-order valence-corrected chi connectivity index (χ2v) is 3.05. The second-order valence-electron chi connectivity index (χ2n) is 3.05. The summed E-state index contributed by atoms with van der Waals surface area (Å²) >= 11 is 0. The number of rotatable bonds is 2. The van der Waals surface area contributed by atoms with Gasteiger partial charge >= 0.3 is 6.09 Å². The van der Waals surface area contributed by atoms with Crippen LogP contribution < -0.4 is 5.32 Å². The minimum atomic E-state index is -0.601. The SMILES string of the molecule is CC(C)(C)OC(=O)N/C=C/OO. The molecule has 0 aliphatic heterocycles. The van der Waals surface area contributed by atoms with Gasteiger partial charge in [0.2, 0.25) is 0 Å². The highest BCUT2D eigenvalue weighted by Crippen LogP contribution is 2.05. The molecule has 1 amide bonds. The summed E-state index contributed by atoms with van der Waals surface area (Å²) in [5, 5.41) is 10.0. The highest BCUT2D eigenvalue weighted by atomic mass is 17.1. The number of carbonyl (C=O) groups is 1. The van der Waals surface area contributed by atoms with E-state index in [0.717, 1.165) is 12.5 Å². The zero-order chi connectivity index (χ0) is 9.61. The molecule has 12 heavy (non-hydrogen) atoms. The van der Waals surface area contributed by atoms with Crippen molar-refractivity contribution in [1.29, 1.82) is 0 Å². The minimum absolute atomic E-state index is 0.530. The van der Waals surface area contributed by atoms with E-state index in [-0.39, 0.29) is 0 Å². The molecule has 0 fully saturated rings. The van der Waals surface area contributed by atoms with Crippen molar-refractivity contribution >= 4 is 6.09 Å². The van der Waals surface area contributed by atoms with Crippen molar-refractivity contribution in [2.24, 2.45) is 0 Å². The molecule has 0 atom stereocenters. The van der Waals surface area contributed by atoms with Crippen LogP contribution in [0.2, 0.25) is 0 Å². The van der Waals surface area contributed by atoms with E-state index in [1.165, 1.54) is 0 Å². The standard InChI is InChI=1S/C7H13NO4/c1-7(2,3)12-6(9)8-4-5-11-10/h4-5,10H,1-3H3,(H,8,9)/b5-4+. The van der Waals surface area contributed by atoms with Gasteiger partial charge < -0.3 is 9.62 Å². The summed E-state index contributed by atoms with van der Waals surface area (Å²) in [6.45, 7) is 5.25. The zero-order valence-electron chi connectivity index (χ0n) is 7.33. The van der Waals surface area contributed by atoms with Crippen molar-refractivity contribution in [2.75, 3.05) is 0 Å². The Hall–Kier alpha value is -1.23. The fraction of sp³-hybridized carbons (Fsp3) is 0.571. The lowest BCUT2D eigenvalue weighted by atomic mass is 10.2. The molecule has 0 rings (SSSR count). The molecule has 0 radical (unpaired) electrons. The molecule has 0 aromatic rings. The molecule has 0 spiro atoms. The smallest absolute Gasteiger partial charge is 0.411 e. The number of alkyl carbamates (subject to hydrolysis) is 1. The highest BCUT2D eigenvalue weighted by Gasteiger charge is 2.14. The van der Waals surface area contributed by atoms with Gasteiger partial charge in [-0.1, -0.05) is 0 Å². The second kappa shape index (κ2) is 4.61. The molecular formula is C7H13NO4. The Morgan fingerprint density at radius 2 is 2.08 bits per heavy atom. The summed E-state index contributed by atoms with van der Waals surface area (Å²) in [5.41, 5.74) is -0.530. The third-order valence-corrected chi connectivity index (χ3v) is 0.729. The highest BCUT2D eigenvalue weighted by molar-refractivity contribution is 5.68. The summed E-state index contributed by atoms with van der Waals surface area (Å²) in [4.78, 5) is 14.4. The summed E-state index contributed by atoms with van der Waals surface area (Å²) in [6, 6.07) is 0. The van der Waals surface area contributed by atoms with Crippen molar-refractivity contribution in [3.63, 3.8) is 0 Å². The molecule has 5 heteroatoms. The molecule has 0 aromatic heterocycles. The first-order chi connectivity index (χ1) is 5.45. The van der Waals surface area contributed by atoms with Gasteiger partial charge in [-0.3, -0.25) is 5.32 Å². The summed E-state index contributed by atoms with van der Waals surface area (Å²) < 4.78 is 4.85. The third kappa shape index (κ3) is 6.88. The van der Waals surface area contributed by atoms with Gasteiger partial charge in [0.15, 0.2) is 0 Å². The van der Waals surface area contributed by atoms with Crippen LogP contribution in [0.1, 0.15) is 20.8 Å². The van der Waals surface area contributed by atoms with Crippen LogP contribution in [0.3, 0.4) is 0 Å². The van der Waals surface area contributed by atoms with E-state index in [1.807, 2.05) is 0 Å². The summed E-state index contributed by atoms with van der Waals surface area (Å²) in [7, 11) is 0. The van der Waals surface area contributed by atoms with Gasteiger partial charge in [0, 0.05) is 6.20 Å². The minimum Gasteiger partial charge on any atom is -0.444 e. The van der Waals surface area contributed by atoms with Crippen molar-refractivity contribution in [3.8, 4) is 0 Å². The fourth-order valence-electron chi connectivity index (χ4n) is 0.440. The summed E-state index contributed by atoms with van der Waals surface area (Å²) in [5.74, 6) is 0. The average Bonchev–Trinajstić information content (AvgIpc) is 1.84. The predicted molar refractivity (Wildman–Crippen MR) is 42.2 cm³/mol. The molecule has 0 aromatic carbocycles. The Bertz CT molecular complexity index is 171. The molecule has 0 saturated carbocycles. The number of carbonyl (C=O) groups excluding carboxylic acids is 1. The Morgan fingerprint density at radius 1 is 1.50 bits per heavy atom. The van der Waals surface area contributed by atoms with Crippen molar-refractivity contribution in [3.05, 3.63) is 12.5 Å². The van der Waals surface area contributed by atoms with Crippen LogP contribution in [-0.4, -0.2) is 17.0 Å². The van der Waals surface area contributed by atoms with Gasteiger partial charge in [0.1, 0.15) is 11.9 Å². The first-order valence-corrected chi connectivity index (χ1v) is 3.40. The fourth-order valence-corrected chi connectivity index (χ4v) is 0.440. The van der Waals surface area contributed by atoms with Crippen LogP contribution in [0, 0.1) is 0 Å². The molecular weight excluding hydrogens is 162 g/mol. The molecule has 0 bridgehead atoms. The average molecular weight is 175 g/mol. The number of nitrogens with one attached hydrogen (secondary N) is 1. The van der Waals surface area contributed by atoms with E-state index < -0.39 is 11.7 Å². The first kappa shape index (κ1) is 10.8. The van der Waals surface area contributed by atoms with Crippen LogP contribution in [0.15, 0.2) is 12.5 Å². The van der Waals surface area contributed by atoms with Gasteiger partial charge in [-0.25, -0.2) is 10.1 Å². The summed E-state index contributed by atoms with van der Waals surface area (Å²) in [6.07, 6.45) is 1.42. The van der Waals surface area contributed by atoms with Crippen LogP contribution >= 0.6 is 0 Å². The molecule has 0 unspecified atom stereocenters. The molecule has 0 heterocycles. The quantitative estimate of drug-likeness (QED) is 0.379. The maximum Gasteiger partial charge on any atom is 0.411 e. The molecule has 0 aliphatic carbocycles. The van der Waals surface area contributed by atoms with E-state index in [9.17, 15) is 4.79 Å². The zero-order valence-corrected chi connectivity index (χ0v) is 7.33. The van der Waals surface area contributed by atoms with Crippen LogP contribution in [0.4, 0.5) is 4.79 Å².